The average Bonchev–Trinajstić information content (AvgIpc) is 3.14. The molecule has 0 bridgehead atoms. The Balaban J connectivity index is 0.000000244. The van der Waals surface area contributed by atoms with Crippen LogP contribution in [0.15, 0.2) is 72.8 Å². The van der Waals surface area contributed by atoms with Crippen molar-refractivity contribution in [3.05, 3.63) is 95.1 Å². The largest absolute Gasteiger partial charge is 0.358 e. The van der Waals surface area contributed by atoms with Crippen LogP contribution >= 0.6 is 19.4 Å². The molecule has 5 heteroatoms. The van der Waals surface area contributed by atoms with Crippen molar-refractivity contribution < 1.29 is 22.8 Å². The first-order chi connectivity index (χ1) is 18.0. The van der Waals surface area contributed by atoms with Gasteiger partial charge in [0.05, 0.1) is 5.69 Å². The van der Waals surface area contributed by atoms with Gasteiger partial charge in [-0.1, -0.05) is 86.0 Å². The Morgan fingerprint density at radius 2 is 1.47 bits per heavy atom. The molecular weight excluding hydrogens is 598 g/mol. The fourth-order valence-corrected chi connectivity index (χ4v) is 7.03. The number of hydrogen-bond acceptors (Lipinski definition) is 1. The van der Waals surface area contributed by atoms with Crippen molar-refractivity contribution in [1.29, 1.82) is 0 Å². The second kappa shape index (κ2) is 13.5. The number of halogens is 2. The SMILES string of the molecule is CC(C)Oc1ccccc1[CH]=[Ru]([Cl])[Cl].CCc1cccc(CC)c1[N+]1=[C-][C@](C)(c2ccccc2)CC1(C)C. The van der Waals surface area contributed by atoms with E-state index in [2.05, 4.69) is 93.9 Å². The molecule has 3 aromatic rings. The summed E-state index contributed by atoms with van der Waals surface area (Å²) in [6.45, 7) is 15.5. The fraction of sp³-hybridized carbons (Fsp3) is 0.394. The Kier molecular flexibility index (Phi) is 10.9. The summed E-state index contributed by atoms with van der Waals surface area (Å²) < 4.78 is 9.96. The molecule has 3 aromatic carbocycles. The standard InChI is InChI=1S/C23H29N.C10H12O.2ClH.Ru/c1-6-18-12-11-13-19(7-2)21(18)24-17-23(5,16-22(24,3)4)20-14-9-8-10-15-20;1-8(2)11-10-7-5-4-6-9(10)3;;;/h8-15H,6-7,16H2,1-5H3;3-8H,1-2H3;2*1H;/q;;;;+2/p-2/t23-;;;;/m1..../s1. The number of ether oxygens (including phenoxy) is 1. The third-order valence-corrected chi connectivity index (χ3v) is 8.65. The molecule has 0 aliphatic carbocycles. The van der Waals surface area contributed by atoms with Gasteiger partial charge in [-0.15, -0.1) is 0 Å². The molecule has 0 spiro atoms. The molecule has 2 nitrogen and oxygen atoms in total. The van der Waals surface area contributed by atoms with E-state index in [4.69, 9.17) is 24.1 Å². The zero-order valence-corrected chi connectivity index (χ0v) is 26.9. The summed E-state index contributed by atoms with van der Waals surface area (Å²) >= 11 is -1.77. The first kappa shape index (κ1) is 30.7. The average molecular weight is 640 g/mol. The van der Waals surface area contributed by atoms with Gasteiger partial charge in [-0.2, -0.15) is 0 Å². The maximum Gasteiger partial charge on any atom is 0.130 e. The molecule has 1 aliphatic heterocycles. The van der Waals surface area contributed by atoms with E-state index in [1.165, 1.54) is 22.4 Å². The van der Waals surface area contributed by atoms with Gasteiger partial charge >= 0.3 is 97.8 Å². The maximum absolute atomic E-state index is 5.82. The van der Waals surface area contributed by atoms with E-state index < -0.39 is 13.5 Å². The molecular formula is C33H41Cl2NORu. The minimum atomic E-state index is -1.77. The second-order valence-corrected chi connectivity index (χ2v) is 16.5. The zero-order valence-electron chi connectivity index (χ0n) is 23.7. The molecule has 0 unspecified atom stereocenters. The van der Waals surface area contributed by atoms with Crippen LogP contribution in [0.5, 0.6) is 5.75 Å². The maximum atomic E-state index is 5.82. The summed E-state index contributed by atoms with van der Waals surface area (Å²) in [6.07, 6.45) is 7.22. The van der Waals surface area contributed by atoms with Gasteiger partial charge in [-0.3, -0.25) is 0 Å². The molecule has 0 saturated carbocycles. The quantitative estimate of drug-likeness (QED) is 0.143. The van der Waals surface area contributed by atoms with Gasteiger partial charge in [0, 0.05) is 18.1 Å². The Hall–Kier alpha value is -1.80. The van der Waals surface area contributed by atoms with E-state index in [1.807, 2.05) is 42.7 Å². The number of hydrogen-bond donors (Lipinski definition) is 0. The second-order valence-electron chi connectivity index (χ2n) is 10.8. The molecule has 1 atom stereocenters. The monoisotopic (exact) mass is 639 g/mol. The zero-order chi connectivity index (χ0) is 27.9. The molecule has 206 valence electrons. The van der Waals surface area contributed by atoms with Crippen LogP contribution in [-0.2, 0) is 31.8 Å². The minimum Gasteiger partial charge on any atom is -0.358 e. The molecule has 0 radical (unpaired) electrons. The summed E-state index contributed by atoms with van der Waals surface area (Å²) in [5.74, 6) is 0.850. The van der Waals surface area contributed by atoms with Crippen LogP contribution in [0.1, 0.15) is 77.1 Å². The first-order valence-electron chi connectivity index (χ1n) is 13.3. The third-order valence-electron chi connectivity index (χ3n) is 6.82. The van der Waals surface area contributed by atoms with Gasteiger partial charge in [-0.05, 0) is 26.7 Å². The van der Waals surface area contributed by atoms with E-state index in [9.17, 15) is 0 Å². The summed E-state index contributed by atoms with van der Waals surface area (Å²) in [5, 5.41) is 0. The molecule has 0 saturated heterocycles. The molecule has 0 amide bonds. The summed E-state index contributed by atoms with van der Waals surface area (Å²) in [5.41, 5.74) is 6.58. The first-order valence-corrected chi connectivity index (χ1v) is 18.8. The van der Waals surface area contributed by atoms with Gasteiger partial charge in [0.2, 0.25) is 0 Å². The molecule has 38 heavy (non-hydrogen) atoms. The van der Waals surface area contributed by atoms with Crippen molar-refractivity contribution in [3.8, 4) is 5.75 Å². The van der Waals surface area contributed by atoms with Gasteiger partial charge in [0.15, 0.2) is 0 Å². The van der Waals surface area contributed by atoms with Crippen LogP contribution in [-0.4, -0.2) is 27.0 Å². The Morgan fingerprint density at radius 3 is 2.03 bits per heavy atom. The van der Waals surface area contributed by atoms with Gasteiger partial charge in [0.25, 0.3) is 0 Å². The van der Waals surface area contributed by atoms with Crippen molar-refractivity contribution in [2.45, 2.75) is 84.8 Å². The molecule has 1 heterocycles. The van der Waals surface area contributed by atoms with Crippen LogP contribution in [0.4, 0.5) is 5.69 Å². The van der Waals surface area contributed by atoms with E-state index in [1.54, 1.807) is 0 Å². The number of benzene rings is 3. The number of nitrogens with zero attached hydrogens (tertiary/aromatic N) is 1. The van der Waals surface area contributed by atoms with Crippen molar-refractivity contribution >= 4 is 35.9 Å². The van der Waals surface area contributed by atoms with Crippen molar-refractivity contribution in [3.63, 3.8) is 0 Å². The van der Waals surface area contributed by atoms with Crippen molar-refractivity contribution in [1.82, 2.24) is 0 Å². The summed E-state index contributed by atoms with van der Waals surface area (Å²) in [4.78, 5) is 0. The van der Waals surface area contributed by atoms with Crippen LogP contribution in [0.3, 0.4) is 0 Å². The van der Waals surface area contributed by atoms with E-state index >= 15 is 0 Å². The van der Waals surface area contributed by atoms with E-state index in [-0.39, 0.29) is 17.1 Å². The van der Waals surface area contributed by atoms with Gasteiger partial charge in [0.1, 0.15) is 5.54 Å². The molecule has 0 N–H and O–H groups in total. The van der Waals surface area contributed by atoms with Crippen LogP contribution in [0.25, 0.3) is 0 Å². The Bertz CT molecular complexity index is 1260. The topological polar surface area (TPSA) is 12.2 Å². The van der Waals surface area contributed by atoms with Crippen LogP contribution in [0, 0.1) is 0 Å². The van der Waals surface area contributed by atoms with Crippen molar-refractivity contribution in [2.75, 3.05) is 0 Å². The number of para-hydroxylation sites is 2. The third kappa shape index (κ3) is 7.65. The fourth-order valence-electron chi connectivity index (χ4n) is 5.22. The summed E-state index contributed by atoms with van der Waals surface area (Å²) in [7, 11) is 11.6. The number of aryl methyl sites for hydroxylation is 2. The van der Waals surface area contributed by atoms with Crippen molar-refractivity contribution in [2.24, 2.45) is 0 Å². The molecule has 0 fully saturated rings. The smallest absolute Gasteiger partial charge is 0.130 e. The Morgan fingerprint density at radius 1 is 0.895 bits per heavy atom. The van der Waals surface area contributed by atoms with E-state index in [0.29, 0.717) is 0 Å². The van der Waals surface area contributed by atoms with Gasteiger partial charge in [-0.25, -0.2) is 0 Å². The molecule has 0 aromatic heterocycles. The normalized spacial score (nSPS) is 18.4. The minimum absolute atomic E-state index is 0.0450. The number of rotatable bonds is 7. The van der Waals surface area contributed by atoms with E-state index in [0.717, 1.165) is 30.6 Å². The predicted molar refractivity (Wildman–Crippen MR) is 162 cm³/mol. The molecule has 4 rings (SSSR count). The molecule has 1 aliphatic rings. The Labute approximate surface area is 243 Å². The van der Waals surface area contributed by atoms with Gasteiger partial charge < -0.3 is 4.58 Å². The van der Waals surface area contributed by atoms with Crippen LogP contribution in [0.2, 0.25) is 0 Å². The predicted octanol–water partition coefficient (Wildman–Crippen LogP) is 9.09. The van der Waals surface area contributed by atoms with Crippen LogP contribution < -0.4 is 4.74 Å². The summed E-state index contributed by atoms with van der Waals surface area (Å²) in [6, 6.07) is 25.3.